The normalized spacial score (nSPS) is 10.6. The van der Waals surface area contributed by atoms with Gasteiger partial charge in [-0.15, -0.1) is 0 Å². The van der Waals surface area contributed by atoms with Crippen LogP contribution in [0.15, 0.2) is 24.3 Å². The highest BCUT2D eigenvalue weighted by Gasteiger charge is 2.06. The number of unbranched alkanes of at least 4 members (excludes halogenated alkanes) is 6. The number of esters is 1. The van der Waals surface area contributed by atoms with E-state index in [9.17, 15) is 9.59 Å². The van der Waals surface area contributed by atoms with Gasteiger partial charge in [-0.25, -0.2) is 0 Å². The number of ether oxygens (including phenoxy) is 1. The van der Waals surface area contributed by atoms with Gasteiger partial charge in [-0.1, -0.05) is 69.7 Å². The van der Waals surface area contributed by atoms with Crippen molar-refractivity contribution in [2.45, 2.75) is 77.6 Å². The van der Waals surface area contributed by atoms with Crippen molar-refractivity contribution in [1.29, 1.82) is 0 Å². The average molecular weight is 332 g/mol. The number of aryl methyl sites for hydroxylation is 1. The molecular formula is C21H32O3. The van der Waals surface area contributed by atoms with E-state index in [-0.39, 0.29) is 11.8 Å². The predicted octanol–water partition coefficient (Wildman–Crippen LogP) is 5.51. The molecule has 0 spiro atoms. The summed E-state index contributed by atoms with van der Waals surface area (Å²) in [5.41, 5.74) is 1.96. The topological polar surface area (TPSA) is 43.4 Å². The molecule has 0 aliphatic rings. The number of methoxy groups -OCH3 is 1. The van der Waals surface area contributed by atoms with Crippen LogP contribution in [0, 0.1) is 0 Å². The van der Waals surface area contributed by atoms with Crippen molar-refractivity contribution in [3.05, 3.63) is 35.4 Å². The SMILES string of the molecule is CCCCCCCCCC(=O)c1ccc(CCCC(=O)OC)cc1. The quantitative estimate of drug-likeness (QED) is 0.272. The van der Waals surface area contributed by atoms with Gasteiger partial charge in [-0.05, 0) is 24.8 Å². The van der Waals surface area contributed by atoms with Crippen LogP contribution in [0.25, 0.3) is 0 Å². The summed E-state index contributed by atoms with van der Waals surface area (Å²) in [4.78, 5) is 23.2. The van der Waals surface area contributed by atoms with Crippen LogP contribution >= 0.6 is 0 Å². The van der Waals surface area contributed by atoms with Crippen LogP contribution in [0.5, 0.6) is 0 Å². The highest BCUT2D eigenvalue weighted by molar-refractivity contribution is 5.96. The number of rotatable bonds is 13. The van der Waals surface area contributed by atoms with Crippen molar-refractivity contribution in [2.24, 2.45) is 0 Å². The molecule has 3 heteroatoms. The second-order valence-corrected chi connectivity index (χ2v) is 6.42. The summed E-state index contributed by atoms with van der Waals surface area (Å²) in [6.07, 6.45) is 11.3. The lowest BCUT2D eigenvalue weighted by atomic mass is 10.0. The zero-order valence-electron chi connectivity index (χ0n) is 15.3. The van der Waals surface area contributed by atoms with Gasteiger partial charge in [0, 0.05) is 18.4 Å². The molecule has 1 aromatic rings. The van der Waals surface area contributed by atoms with E-state index in [1.807, 2.05) is 24.3 Å². The maximum atomic E-state index is 12.2. The molecule has 0 radical (unpaired) electrons. The van der Waals surface area contributed by atoms with Gasteiger partial charge in [0.15, 0.2) is 5.78 Å². The zero-order valence-corrected chi connectivity index (χ0v) is 15.3. The Morgan fingerprint density at radius 3 is 2.08 bits per heavy atom. The average Bonchev–Trinajstić information content (AvgIpc) is 2.61. The first-order valence-electron chi connectivity index (χ1n) is 9.36. The molecule has 0 unspecified atom stereocenters. The molecule has 3 nitrogen and oxygen atoms in total. The van der Waals surface area contributed by atoms with Gasteiger partial charge < -0.3 is 4.74 Å². The van der Waals surface area contributed by atoms with E-state index in [4.69, 9.17) is 0 Å². The van der Waals surface area contributed by atoms with E-state index in [1.54, 1.807) is 0 Å². The molecule has 1 aromatic carbocycles. The minimum Gasteiger partial charge on any atom is -0.469 e. The third kappa shape index (κ3) is 8.85. The molecule has 0 N–H and O–H groups in total. The van der Waals surface area contributed by atoms with Gasteiger partial charge >= 0.3 is 5.97 Å². The molecule has 134 valence electrons. The van der Waals surface area contributed by atoms with Crippen molar-refractivity contribution in [1.82, 2.24) is 0 Å². The van der Waals surface area contributed by atoms with Crippen molar-refractivity contribution in [3.63, 3.8) is 0 Å². The summed E-state index contributed by atoms with van der Waals surface area (Å²) in [6.45, 7) is 2.23. The summed E-state index contributed by atoms with van der Waals surface area (Å²) in [6, 6.07) is 7.82. The number of benzene rings is 1. The monoisotopic (exact) mass is 332 g/mol. The highest BCUT2D eigenvalue weighted by Crippen LogP contribution is 2.13. The highest BCUT2D eigenvalue weighted by atomic mass is 16.5. The van der Waals surface area contributed by atoms with Crippen LogP contribution in [0.2, 0.25) is 0 Å². The maximum Gasteiger partial charge on any atom is 0.305 e. The molecule has 0 heterocycles. The molecule has 24 heavy (non-hydrogen) atoms. The molecule has 0 fully saturated rings. The number of carbonyl (C=O) groups excluding carboxylic acids is 2. The van der Waals surface area contributed by atoms with Crippen LogP contribution < -0.4 is 0 Å². The summed E-state index contributed by atoms with van der Waals surface area (Å²) in [5.74, 6) is 0.0705. The fourth-order valence-electron chi connectivity index (χ4n) is 2.78. The minimum atomic E-state index is -0.170. The molecule has 0 bridgehead atoms. The van der Waals surface area contributed by atoms with Gasteiger partial charge in [0.2, 0.25) is 0 Å². The van der Waals surface area contributed by atoms with Gasteiger partial charge in [-0.2, -0.15) is 0 Å². The number of carbonyl (C=O) groups is 2. The molecule has 0 saturated carbocycles. The van der Waals surface area contributed by atoms with E-state index >= 15 is 0 Å². The third-order valence-corrected chi connectivity index (χ3v) is 4.36. The van der Waals surface area contributed by atoms with Gasteiger partial charge in [0.1, 0.15) is 0 Å². The number of ketones is 1. The van der Waals surface area contributed by atoms with Crippen LogP contribution in [0.4, 0.5) is 0 Å². The Morgan fingerprint density at radius 2 is 1.46 bits per heavy atom. The first kappa shape index (κ1) is 20.4. The summed E-state index contributed by atoms with van der Waals surface area (Å²) >= 11 is 0. The van der Waals surface area contributed by atoms with Crippen LogP contribution in [0.3, 0.4) is 0 Å². The predicted molar refractivity (Wildman–Crippen MR) is 98.3 cm³/mol. The van der Waals surface area contributed by atoms with Crippen LogP contribution in [-0.2, 0) is 16.0 Å². The fourth-order valence-corrected chi connectivity index (χ4v) is 2.78. The van der Waals surface area contributed by atoms with Crippen LogP contribution in [0.1, 0.15) is 87.1 Å². The maximum absolute atomic E-state index is 12.2. The largest absolute Gasteiger partial charge is 0.469 e. The van der Waals surface area contributed by atoms with Gasteiger partial charge in [-0.3, -0.25) is 9.59 Å². The van der Waals surface area contributed by atoms with E-state index in [0.717, 1.165) is 36.8 Å². The lowest BCUT2D eigenvalue weighted by Crippen LogP contribution is -2.01. The molecule has 0 amide bonds. The second kappa shape index (κ2) is 12.7. The number of Topliss-reactive ketones (excluding diaryl/α,β-unsaturated/α-hetero) is 1. The van der Waals surface area contributed by atoms with E-state index in [0.29, 0.717) is 12.8 Å². The van der Waals surface area contributed by atoms with E-state index < -0.39 is 0 Å². The Hall–Kier alpha value is -1.64. The molecule has 0 aliphatic heterocycles. The Morgan fingerprint density at radius 1 is 0.833 bits per heavy atom. The summed E-state index contributed by atoms with van der Waals surface area (Å²) in [5, 5.41) is 0. The Labute approximate surface area is 146 Å². The first-order valence-corrected chi connectivity index (χ1v) is 9.36. The van der Waals surface area contributed by atoms with Crippen molar-refractivity contribution in [2.75, 3.05) is 7.11 Å². The molecule has 0 aliphatic carbocycles. The Kier molecular flexibility index (Phi) is 10.8. The van der Waals surface area contributed by atoms with Gasteiger partial charge in [0.05, 0.1) is 7.11 Å². The molecule has 1 rings (SSSR count). The summed E-state index contributed by atoms with van der Waals surface area (Å²) < 4.78 is 4.63. The number of hydrogen-bond acceptors (Lipinski definition) is 3. The Balaban J connectivity index is 2.22. The Bertz CT molecular complexity index is 476. The molecule has 0 saturated heterocycles. The zero-order chi connectivity index (χ0) is 17.6. The summed E-state index contributed by atoms with van der Waals surface area (Å²) in [7, 11) is 1.41. The van der Waals surface area contributed by atoms with Crippen molar-refractivity contribution in [3.8, 4) is 0 Å². The smallest absolute Gasteiger partial charge is 0.305 e. The standard InChI is InChI=1S/C21H32O3/c1-3-4-5-6-7-8-9-12-20(22)19-16-14-18(15-17-19)11-10-13-21(23)24-2/h14-17H,3-13H2,1-2H3. The first-order chi connectivity index (χ1) is 11.7. The van der Waals surface area contributed by atoms with E-state index in [2.05, 4.69) is 11.7 Å². The molecule has 0 atom stereocenters. The van der Waals surface area contributed by atoms with Gasteiger partial charge in [0.25, 0.3) is 0 Å². The lowest BCUT2D eigenvalue weighted by Gasteiger charge is -2.04. The molecule has 0 aromatic heterocycles. The van der Waals surface area contributed by atoms with Crippen molar-refractivity contribution < 1.29 is 14.3 Å². The second-order valence-electron chi connectivity index (χ2n) is 6.42. The van der Waals surface area contributed by atoms with Crippen molar-refractivity contribution >= 4 is 11.8 Å². The molecular weight excluding hydrogens is 300 g/mol. The number of hydrogen-bond donors (Lipinski definition) is 0. The third-order valence-electron chi connectivity index (χ3n) is 4.36. The van der Waals surface area contributed by atoms with E-state index in [1.165, 1.54) is 39.2 Å². The lowest BCUT2D eigenvalue weighted by molar-refractivity contribution is -0.140. The fraction of sp³-hybridized carbons (Fsp3) is 0.619. The minimum absolute atomic E-state index is 0.170. The van der Waals surface area contributed by atoms with Crippen LogP contribution in [-0.4, -0.2) is 18.9 Å².